The van der Waals surface area contributed by atoms with Gasteiger partial charge in [0.15, 0.2) is 0 Å². The predicted molar refractivity (Wildman–Crippen MR) is 72.8 cm³/mol. The van der Waals surface area contributed by atoms with Crippen molar-refractivity contribution in [3.8, 4) is 11.8 Å². The first-order chi connectivity index (χ1) is 9.63. The van der Waals surface area contributed by atoms with Crippen LogP contribution in [0.1, 0.15) is 15.9 Å². The number of nitrogens with one attached hydrogen (secondary N) is 1. The van der Waals surface area contributed by atoms with Crippen molar-refractivity contribution < 1.29 is 19.4 Å². The van der Waals surface area contributed by atoms with E-state index in [0.29, 0.717) is 5.56 Å². The second kappa shape index (κ2) is 8.69. The molecule has 1 aromatic rings. The molecule has 1 rings (SSSR count). The molecule has 0 heterocycles. The van der Waals surface area contributed by atoms with Crippen LogP contribution in [0.2, 0.25) is 0 Å². The molecule has 0 aliphatic rings. The second-order valence-electron chi connectivity index (χ2n) is 3.81. The summed E-state index contributed by atoms with van der Waals surface area (Å²) in [7, 11) is 0. The maximum atomic E-state index is 11.7. The fourth-order valence-electron chi connectivity index (χ4n) is 1.36. The Morgan fingerprint density at radius 1 is 1.30 bits per heavy atom. The number of rotatable bonds is 6. The molecule has 0 aliphatic carbocycles. The molecule has 2 amide bonds. The Kier molecular flexibility index (Phi) is 6.82. The molecule has 0 saturated heterocycles. The van der Waals surface area contributed by atoms with Gasteiger partial charge >= 0.3 is 0 Å². The average Bonchev–Trinajstić information content (AvgIpc) is 2.44. The minimum Gasteiger partial charge on any atom is -0.384 e. The van der Waals surface area contributed by atoms with Crippen LogP contribution < -0.4 is 11.1 Å². The topological polar surface area (TPSA) is 102 Å². The second-order valence-corrected chi connectivity index (χ2v) is 3.81. The Labute approximate surface area is 116 Å². The highest BCUT2D eigenvalue weighted by atomic mass is 16.5. The Morgan fingerprint density at radius 3 is 2.60 bits per heavy atom. The fraction of sp³-hybridized carbons (Fsp3) is 0.286. The van der Waals surface area contributed by atoms with Crippen molar-refractivity contribution in [2.75, 3.05) is 26.4 Å². The molecule has 6 heteroatoms. The predicted octanol–water partition coefficient (Wildman–Crippen LogP) is -0.738. The SMILES string of the molecule is NC(=O)COCCNC(=O)c1ccc(C#CCO)cc1. The molecule has 0 unspecified atom stereocenters. The molecule has 0 saturated carbocycles. The minimum absolute atomic E-state index is 0.159. The van der Waals surface area contributed by atoms with Gasteiger partial charge in [-0.3, -0.25) is 9.59 Å². The van der Waals surface area contributed by atoms with Crippen LogP contribution in [0.5, 0.6) is 0 Å². The lowest BCUT2D eigenvalue weighted by Gasteiger charge is -2.05. The summed E-state index contributed by atoms with van der Waals surface area (Å²) < 4.78 is 4.91. The average molecular weight is 276 g/mol. The fourth-order valence-corrected chi connectivity index (χ4v) is 1.36. The van der Waals surface area contributed by atoms with E-state index in [1.807, 2.05) is 0 Å². The maximum Gasteiger partial charge on any atom is 0.251 e. The molecule has 0 aliphatic heterocycles. The number of amides is 2. The first-order valence-corrected chi connectivity index (χ1v) is 5.97. The van der Waals surface area contributed by atoms with E-state index >= 15 is 0 Å². The molecule has 6 nitrogen and oxygen atoms in total. The van der Waals surface area contributed by atoms with Gasteiger partial charge in [-0.2, -0.15) is 0 Å². The summed E-state index contributed by atoms with van der Waals surface area (Å²) in [6.45, 7) is 0.147. The summed E-state index contributed by atoms with van der Waals surface area (Å²) in [6, 6.07) is 6.67. The van der Waals surface area contributed by atoms with Gasteiger partial charge < -0.3 is 20.9 Å². The van der Waals surface area contributed by atoms with Gasteiger partial charge in [0.2, 0.25) is 5.91 Å². The maximum absolute atomic E-state index is 11.7. The molecule has 0 fully saturated rings. The third-order valence-corrected chi connectivity index (χ3v) is 2.24. The van der Waals surface area contributed by atoms with Crippen LogP contribution in [-0.2, 0) is 9.53 Å². The lowest BCUT2D eigenvalue weighted by atomic mass is 10.1. The quantitative estimate of drug-likeness (QED) is 0.470. The lowest BCUT2D eigenvalue weighted by Crippen LogP contribution is -2.28. The van der Waals surface area contributed by atoms with Gasteiger partial charge in [0.25, 0.3) is 5.91 Å². The Bertz CT molecular complexity index is 514. The number of carbonyl (C=O) groups is 2. The number of aliphatic hydroxyl groups excluding tert-OH is 1. The molecule has 0 bridgehead atoms. The van der Waals surface area contributed by atoms with Crippen LogP contribution in [0.15, 0.2) is 24.3 Å². The molecular formula is C14H16N2O4. The van der Waals surface area contributed by atoms with Crippen molar-refractivity contribution in [1.29, 1.82) is 0 Å². The van der Waals surface area contributed by atoms with Crippen LogP contribution in [0.4, 0.5) is 0 Å². The number of benzene rings is 1. The first kappa shape index (κ1) is 15.7. The molecule has 0 radical (unpaired) electrons. The van der Waals surface area contributed by atoms with Crippen molar-refractivity contribution >= 4 is 11.8 Å². The van der Waals surface area contributed by atoms with E-state index in [0.717, 1.165) is 5.56 Å². The lowest BCUT2D eigenvalue weighted by molar-refractivity contribution is -0.122. The highest BCUT2D eigenvalue weighted by molar-refractivity contribution is 5.94. The molecule has 20 heavy (non-hydrogen) atoms. The Hall–Kier alpha value is -2.36. The smallest absolute Gasteiger partial charge is 0.251 e. The molecule has 0 atom stereocenters. The van der Waals surface area contributed by atoms with Gasteiger partial charge in [-0.1, -0.05) is 11.8 Å². The van der Waals surface area contributed by atoms with Crippen molar-refractivity contribution in [3.05, 3.63) is 35.4 Å². The number of ether oxygens (including phenoxy) is 1. The van der Waals surface area contributed by atoms with Gasteiger partial charge in [0.05, 0.1) is 6.61 Å². The van der Waals surface area contributed by atoms with E-state index < -0.39 is 5.91 Å². The zero-order chi connectivity index (χ0) is 14.8. The van der Waals surface area contributed by atoms with Gasteiger partial charge in [-0.15, -0.1) is 0 Å². The molecular weight excluding hydrogens is 260 g/mol. The molecule has 1 aromatic carbocycles. The Balaban J connectivity index is 2.38. The van der Waals surface area contributed by atoms with Crippen LogP contribution in [-0.4, -0.2) is 43.3 Å². The third kappa shape index (κ3) is 6.00. The summed E-state index contributed by atoms with van der Waals surface area (Å²) in [6.07, 6.45) is 0. The van der Waals surface area contributed by atoms with E-state index in [4.69, 9.17) is 15.6 Å². The van der Waals surface area contributed by atoms with Crippen LogP contribution >= 0.6 is 0 Å². The summed E-state index contributed by atoms with van der Waals surface area (Å²) in [5.74, 6) is 4.47. The normalized spacial score (nSPS) is 9.45. The van der Waals surface area contributed by atoms with Crippen LogP contribution in [0, 0.1) is 11.8 Å². The number of aliphatic hydroxyl groups is 1. The number of primary amides is 1. The van der Waals surface area contributed by atoms with E-state index in [1.165, 1.54) is 0 Å². The van der Waals surface area contributed by atoms with E-state index in [9.17, 15) is 9.59 Å². The van der Waals surface area contributed by atoms with Gasteiger partial charge in [-0.05, 0) is 24.3 Å². The number of carbonyl (C=O) groups excluding carboxylic acids is 2. The van der Waals surface area contributed by atoms with E-state index in [1.54, 1.807) is 24.3 Å². The molecule has 0 aromatic heterocycles. The van der Waals surface area contributed by atoms with E-state index in [2.05, 4.69) is 17.2 Å². The zero-order valence-electron chi connectivity index (χ0n) is 10.9. The summed E-state index contributed by atoms with van der Waals surface area (Å²) >= 11 is 0. The standard InChI is InChI=1S/C14H16N2O4/c15-13(18)10-20-9-7-16-14(19)12-5-3-11(4-6-12)2-1-8-17/h3-6,17H,7-10H2,(H2,15,18)(H,16,19). The minimum atomic E-state index is -0.545. The number of hydrogen-bond donors (Lipinski definition) is 3. The largest absolute Gasteiger partial charge is 0.384 e. The molecule has 0 spiro atoms. The first-order valence-electron chi connectivity index (χ1n) is 5.97. The van der Waals surface area contributed by atoms with Gasteiger partial charge in [0.1, 0.15) is 13.2 Å². The van der Waals surface area contributed by atoms with Crippen molar-refractivity contribution in [2.24, 2.45) is 5.73 Å². The number of nitrogens with two attached hydrogens (primary N) is 1. The van der Waals surface area contributed by atoms with Crippen molar-refractivity contribution in [3.63, 3.8) is 0 Å². The summed E-state index contributed by atoms with van der Waals surface area (Å²) in [4.78, 5) is 22.1. The monoisotopic (exact) mass is 276 g/mol. The van der Waals surface area contributed by atoms with E-state index in [-0.39, 0.29) is 32.3 Å². The van der Waals surface area contributed by atoms with Crippen LogP contribution in [0.25, 0.3) is 0 Å². The Morgan fingerprint density at radius 2 is 2.00 bits per heavy atom. The van der Waals surface area contributed by atoms with Gasteiger partial charge in [-0.25, -0.2) is 0 Å². The van der Waals surface area contributed by atoms with Crippen molar-refractivity contribution in [2.45, 2.75) is 0 Å². The number of hydrogen-bond acceptors (Lipinski definition) is 4. The van der Waals surface area contributed by atoms with Gasteiger partial charge in [0, 0.05) is 17.7 Å². The zero-order valence-corrected chi connectivity index (χ0v) is 10.9. The highest BCUT2D eigenvalue weighted by Gasteiger charge is 2.04. The molecule has 4 N–H and O–H groups in total. The van der Waals surface area contributed by atoms with Crippen molar-refractivity contribution in [1.82, 2.24) is 5.32 Å². The summed E-state index contributed by atoms with van der Waals surface area (Å²) in [5.41, 5.74) is 6.11. The summed E-state index contributed by atoms with van der Waals surface area (Å²) in [5, 5.41) is 11.2. The third-order valence-electron chi connectivity index (χ3n) is 2.24. The van der Waals surface area contributed by atoms with Crippen LogP contribution in [0.3, 0.4) is 0 Å². The molecule has 106 valence electrons. The highest BCUT2D eigenvalue weighted by Crippen LogP contribution is 2.03.